The van der Waals surface area contributed by atoms with E-state index in [1.807, 2.05) is 30.3 Å². The number of carbonyl (C=O) groups excluding carboxylic acids is 2. The second kappa shape index (κ2) is 16.8. The molecule has 14 heteroatoms. The summed E-state index contributed by atoms with van der Waals surface area (Å²) in [6.45, 7) is 6.31. The Kier molecular flexibility index (Phi) is 12.9. The van der Waals surface area contributed by atoms with Crippen molar-refractivity contribution in [2.45, 2.75) is 31.3 Å². The van der Waals surface area contributed by atoms with Gasteiger partial charge in [0.05, 0.1) is 31.3 Å². The van der Waals surface area contributed by atoms with Crippen molar-refractivity contribution in [1.82, 2.24) is 25.6 Å². The molecule has 0 saturated carbocycles. The Labute approximate surface area is 253 Å². The quantitative estimate of drug-likeness (QED) is 0.0770. The smallest absolute Gasteiger partial charge is 0.279 e. The topological polar surface area (TPSA) is 142 Å². The highest BCUT2D eigenvalue weighted by molar-refractivity contribution is 8.00. The van der Waals surface area contributed by atoms with Crippen LogP contribution < -0.4 is 24.8 Å². The Morgan fingerprint density at radius 1 is 1.16 bits per heavy atom. The summed E-state index contributed by atoms with van der Waals surface area (Å²) in [4.78, 5) is 22.7. The maximum atomic E-state index is 12.9. The van der Waals surface area contributed by atoms with Gasteiger partial charge < -0.3 is 34.1 Å². The molecule has 0 radical (unpaired) electrons. The van der Waals surface area contributed by atoms with Gasteiger partial charge in [-0.2, -0.15) is 5.10 Å². The summed E-state index contributed by atoms with van der Waals surface area (Å²) in [5.74, 6) is -0.164. The van der Waals surface area contributed by atoms with Crippen LogP contribution in [0.5, 0.6) is 11.5 Å². The molecule has 0 aliphatic heterocycles. The third-order valence-corrected chi connectivity index (χ3v) is 6.64. The van der Waals surface area contributed by atoms with Gasteiger partial charge in [-0.15, -0.1) is 0 Å². The van der Waals surface area contributed by atoms with Crippen LogP contribution in [0, 0.1) is 0 Å². The molecule has 2 aromatic carbocycles. The van der Waals surface area contributed by atoms with E-state index in [1.165, 1.54) is 11.9 Å². The molecule has 230 valence electrons. The van der Waals surface area contributed by atoms with Crippen LogP contribution in [0.3, 0.4) is 0 Å². The fourth-order valence-electron chi connectivity index (χ4n) is 3.82. The number of carbonyl (C=O) groups is 2. The summed E-state index contributed by atoms with van der Waals surface area (Å²) in [6.07, 6.45) is 4.84. The van der Waals surface area contributed by atoms with Crippen LogP contribution in [0.2, 0.25) is 0 Å². The van der Waals surface area contributed by atoms with E-state index < -0.39 is 11.7 Å². The van der Waals surface area contributed by atoms with Gasteiger partial charge in [-0.3, -0.25) is 14.3 Å². The van der Waals surface area contributed by atoms with Crippen molar-refractivity contribution in [1.29, 1.82) is 0 Å². The zero-order valence-electron chi connectivity index (χ0n) is 24.4. The van der Waals surface area contributed by atoms with E-state index in [2.05, 4.69) is 43.9 Å². The maximum absolute atomic E-state index is 12.9. The van der Waals surface area contributed by atoms with E-state index >= 15 is 0 Å². The summed E-state index contributed by atoms with van der Waals surface area (Å²) in [5, 5.41) is 14.2. The lowest BCUT2D eigenvalue weighted by Gasteiger charge is -2.13. The summed E-state index contributed by atoms with van der Waals surface area (Å²) < 4.78 is 39.2. The molecule has 0 fully saturated rings. The van der Waals surface area contributed by atoms with E-state index in [-0.39, 0.29) is 6.54 Å². The molecule has 0 saturated heterocycles. The van der Waals surface area contributed by atoms with E-state index in [0.29, 0.717) is 60.0 Å². The number of rotatable bonds is 15. The van der Waals surface area contributed by atoms with Crippen LogP contribution in [-0.2, 0) is 33.8 Å². The fraction of sp³-hybridized carbons (Fsp3) is 0.310. The second-order valence-electron chi connectivity index (χ2n) is 9.00. The second-order valence-corrected chi connectivity index (χ2v) is 9.85. The molecule has 0 aliphatic carbocycles. The molecule has 0 spiro atoms. The molecule has 2 aromatic heterocycles. The van der Waals surface area contributed by atoms with Crippen LogP contribution in [0.25, 0.3) is 11.0 Å². The predicted molar refractivity (Wildman–Crippen MR) is 162 cm³/mol. The number of anilines is 1. The molecule has 2 heterocycles. The van der Waals surface area contributed by atoms with Crippen molar-refractivity contribution in [3.05, 3.63) is 71.8 Å². The number of halogens is 1. The van der Waals surface area contributed by atoms with Crippen LogP contribution in [0.4, 0.5) is 10.2 Å². The third kappa shape index (κ3) is 9.48. The number of aryl methyl sites for hydroxylation is 1. The van der Waals surface area contributed by atoms with Crippen LogP contribution >= 0.6 is 11.9 Å². The largest absolute Gasteiger partial charge is 0.496 e. The predicted octanol–water partition coefficient (Wildman–Crippen LogP) is 4.25. The number of hydrogen-bond acceptors (Lipinski definition) is 10. The molecule has 0 unspecified atom stereocenters. The molecule has 43 heavy (non-hydrogen) atoms. The maximum Gasteiger partial charge on any atom is 0.279 e. The van der Waals surface area contributed by atoms with Gasteiger partial charge in [0.25, 0.3) is 5.91 Å². The van der Waals surface area contributed by atoms with Gasteiger partial charge in [0.1, 0.15) is 23.5 Å². The first-order valence-electron chi connectivity index (χ1n) is 13.2. The van der Waals surface area contributed by atoms with Crippen LogP contribution in [0.15, 0.2) is 64.5 Å². The Hall–Kier alpha value is -4.56. The number of ether oxygens (including phenoxy) is 3. The molecule has 0 aliphatic rings. The Bertz CT molecular complexity index is 1520. The lowest BCUT2D eigenvalue weighted by Crippen LogP contribution is -2.22. The van der Waals surface area contributed by atoms with Crippen molar-refractivity contribution < 1.29 is 32.7 Å². The number of nitrogens with one attached hydrogen (secondary N) is 3. The summed E-state index contributed by atoms with van der Waals surface area (Å²) >= 11 is 1.33. The molecule has 3 N–H and O–H groups in total. The van der Waals surface area contributed by atoms with E-state index in [1.54, 1.807) is 38.4 Å². The van der Waals surface area contributed by atoms with Gasteiger partial charge in [0.15, 0.2) is 17.2 Å². The standard InChI is InChI=1S/C27H29FN6O5S.C2H6O/c1-4-18-5-6-21(38-8-7-29-16-35)24(11-18)40-33-26-25-22(37-3)9-19(10-23(25)39-32-26)14-34-15-20(13-31-34)12-30-27(36)17(2)28;1-3-2/h5-6,9-11,13,15-16H,2,4,7-8,12,14H2,1,3H3,(H,29,35)(H,30,36)(H,32,33);1-2H3. The molecule has 0 bridgehead atoms. The van der Waals surface area contributed by atoms with Crippen molar-refractivity contribution >= 4 is 41.1 Å². The highest BCUT2D eigenvalue weighted by Crippen LogP contribution is 2.37. The first-order chi connectivity index (χ1) is 20.8. The van der Waals surface area contributed by atoms with Crippen molar-refractivity contribution in [2.24, 2.45) is 0 Å². The molecule has 0 atom stereocenters. The van der Waals surface area contributed by atoms with Gasteiger partial charge in [-0.1, -0.05) is 24.7 Å². The summed E-state index contributed by atoms with van der Waals surface area (Å²) in [7, 11) is 4.82. The highest BCUT2D eigenvalue weighted by atomic mass is 32.2. The number of aromatic nitrogens is 3. The first-order valence-corrected chi connectivity index (χ1v) is 14.0. The molecule has 12 nitrogen and oxygen atoms in total. The average molecular weight is 615 g/mol. The van der Waals surface area contributed by atoms with Crippen molar-refractivity contribution in [2.75, 3.05) is 39.2 Å². The van der Waals surface area contributed by atoms with Crippen LogP contribution in [0.1, 0.15) is 23.6 Å². The molecular formula is C29H35FN6O6S. The minimum Gasteiger partial charge on any atom is -0.496 e. The lowest BCUT2D eigenvalue weighted by molar-refractivity contribution is -0.119. The van der Waals surface area contributed by atoms with Gasteiger partial charge in [0, 0.05) is 32.5 Å². The van der Waals surface area contributed by atoms with Gasteiger partial charge in [0.2, 0.25) is 6.41 Å². The molecule has 4 aromatic rings. The zero-order valence-corrected chi connectivity index (χ0v) is 25.3. The highest BCUT2D eigenvalue weighted by Gasteiger charge is 2.17. The first kappa shape index (κ1) is 32.9. The van der Waals surface area contributed by atoms with E-state index in [9.17, 15) is 14.0 Å². The number of nitrogens with zero attached hydrogens (tertiary/aromatic N) is 3. The Morgan fingerprint density at radius 3 is 2.65 bits per heavy atom. The van der Waals surface area contributed by atoms with E-state index in [0.717, 1.165) is 22.4 Å². The van der Waals surface area contributed by atoms with Crippen molar-refractivity contribution in [3.8, 4) is 11.5 Å². The normalized spacial score (nSPS) is 10.4. The fourth-order valence-corrected chi connectivity index (χ4v) is 4.60. The minimum atomic E-state index is -1.04. The lowest BCUT2D eigenvalue weighted by atomic mass is 10.1. The number of benzene rings is 2. The number of fused-ring (bicyclic) bond motifs is 1. The SMILES string of the molecule is C=C(F)C(=O)NCc1cnn(Cc2cc(OC)c3c(NSc4cc(CC)ccc4OCCNC=O)noc3c2)c1.COC. The van der Waals surface area contributed by atoms with Crippen LogP contribution in [-0.4, -0.2) is 61.7 Å². The number of amides is 2. The summed E-state index contributed by atoms with van der Waals surface area (Å²) in [5.41, 5.74) is 3.23. The van der Waals surface area contributed by atoms with Crippen molar-refractivity contribution in [3.63, 3.8) is 0 Å². The molecule has 4 rings (SSSR count). The Morgan fingerprint density at radius 2 is 1.95 bits per heavy atom. The number of hydrogen-bond donors (Lipinski definition) is 3. The molecule has 2 amide bonds. The molecular weight excluding hydrogens is 579 g/mol. The minimum absolute atomic E-state index is 0.127. The monoisotopic (exact) mass is 614 g/mol. The Balaban J connectivity index is 0.00000162. The summed E-state index contributed by atoms with van der Waals surface area (Å²) in [6, 6.07) is 9.67. The zero-order chi connectivity index (χ0) is 31.2. The van der Waals surface area contributed by atoms with Gasteiger partial charge in [-0.25, -0.2) is 4.39 Å². The average Bonchev–Trinajstić information content (AvgIpc) is 3.63. The van der Waals surface area contributed by atoms with Gasteiger partial charge >= 0.3 is 0 Å². The third-order valence-electron chi connectivity index (χ3n) is 5.81. The number of methoxy groups -OCH3 is 2. The van der Waals surface area contributed by atoms with E-state index in [4.69, 9.17) is 14.0 Å². The van der Waals surface area contributed by atoms with Gasteiger partial charge in [-0.05, 0) is 53.8 Å².